The van der Waals surface area contributed by atoms with E-state index in [1.807, 2.05) is 51.7 Å². The van der Waals surface area contributed by atoms with E-state index in [2.05, 4.69) is 43.1 Å². The molecule has 0 bridgehead atoms. The number of nitrogens with one attached hydrogen (secondary N) is 1. The molecule has 1 aromatic carbocycles. The SMILES string of the molecule is CC(C)c1cc(NC(C)(C)C#N)ccc1OCCN1CCN(C(=O)OC(C)(C)C)C(C)C1. The number of nitriles is 1. The number of nitrogens with zero attached hydrogens (tertiary/aromatic N) is 3. The molecule has 1 atom stereocenters. The molecule has 1 aliphatic rings. The van der Waals surface area contributed by atoms with Gasteiger partial charge in [0.25, 0.3) is 0 Å². The van der Waals surface area contributed by atoms with Crippen LogP contribution in [0.5, 0.6) is 5.75 Å². The maximum Gasteiger partial charge on any atom is 0.410 e. The van der Waals surface area contributed by atoms with Crippen LogP contribution in [0.1, 0.15) is 66.9 Å². The second-order valence-corrected chi connectivity index (χ2v) is 10.4. The number of hydrogen-bond acceptors (Lipinski definition) is 6. The Balaban J connectivity index is 1.91. The van der Waals surface area contributed by atoms with E-state index in [1.54, 1.807) is 0 Å². The lowest BCUT2D eigenvalue weighted by Gasteiger charge is -2.40. The summed E-state index contributed by atoms with van der Waals surface area (Å²) in [6.45, 7) is 19.3. The number of ether oxygens (including phenoxy) is 2. The summed E-state index contributed by atoms with van der Waals surface area (Å²) in [7, 11) is 0. The summed E-state index contributed by atoms with van der Waals surface area (Å²) in [5, 5.41) is 12.5. The third kappa shape index (κ3) is 7.59. The minimum atomic E-state index is -0.630. The Morgan fingerprint density at radius 3 is 2.50 bits per heavy atom. The fraction of sp³-hybridized carbons (Fsp3) is 0.680. The van der Waals surface area contributed by atoms with E-state index in [-0.39, 0.29) is 12.1 Å². The highest BCUT2D eigenvalue weighted by Gasteiger charge is 2.30. The van der Waals surface area contributed by atoms with Crippen molar-refractivity contribution >= 4 is 11.8 Å². The van der Waals surface area contributed by atoms with Crippen LogP contribution < -0.4 is 10.1 Å². The van der Waals surface area contributed by atoms with E-state index in [0.717, 1.165) is 36.6 Å². The summed E-state index contributed by atoms with van der Waals surface area (Å²) in [5.74, 6) is 1.18. The molecule has 7 heteroatoms. The molecule has 0 saturated carbocycles. The normalized spacial score (nSPS) is 17.8. The van der Waals surface area contributed by atoms with Crippen molar-refractivity contribution in [3.63, 3.8) is 0 Å². The van der Waals surface area contributed by atoms with Crippen molar-refractivity contribution in [2.75, 3.05) is 38.1 Å². The molecule has 0 aromatic heterocycles. The van der Waals surface area contributed by atoms with Crippen molar-refractivity contribution < 1.29 is 14.3 Å². The molecule has 1 unspecified atom stereocenters. The van der Waals surface area contributed by atoms with Crippen LogP contribution in [0, 0.1) is 11.3 Å². The molecular weight excluding hydrogens is 404 g/mol. The Morgan fingerprint density at radius 1 is 1.25 bits per heavy atom. The summed E-state index contributed by atoms with van der Waals surface area (Å²) < 4.78 is 11.7. The van der Waals surface area contributed by atoms with E-state index in [4.69, 9.17) is 9.47 Å². The van der Waals surface area contributed by atoms with Crippen molar-refractivity contribution in [1.29, 1.82) is 5.26 Å². The van der Waals surface area contributed by atoms with Crippen molar-refractivity contribution in [3.8, 4) is 11.8 Å². The van der Waals surface area contributed by atoms with E-state index in [1.165, 1.54) is 0 Å². The number of benzene rings is 1. The number of rotatable bonds is 7. The summed E-state index contributed by atoms with van der Waals surface area (Å²) in [4.78, 5) is 16.5. The van der Waals surface area contributed by atoms with Crippen LogP contribution in [-0.2, 0) is 4.74 Å². The molecule has 1 aromatic rings. The summed E-state index contributed by atoms with van der Waals surface area (Å²) in [5.41, 5.74) is 0.923. The molecule has 2 rings (SSSR count). The van der Waals surface area contributed by atoms with Crippen molar-refractivity contribution in [1.82, 2.24) is 9.80 Å². The van der Waals surface area contributed by atoms with Gasteiger partial charge in [0, 0.05) is 37.9 Å². The van der Waals surface area contributed by atoms with Gasteiger partial charge in [0.2, 0.25) is 0 Å². The van der Waals surface area contributed by atoms with Crippen LogP contribution >= 0.6 is 0 Å². The zero-order valence-electron chi connectivity index (χ0n) is 21.0. The van der Waals surface area contributed by atoms with Crippen LogP contribution in [0.25, 0.3) is 0 Å². The molecular formula is C25H40N4O3. The lowest BCUT2D eigenvalue weighted by Crippen LogP contribution is -2.55. The zero-order chi connectivity index (χ0) is 24.1. The van der Waals surface area contributed by atoms with Gasteiger partial charge in [0.1, 0.15) is 23.5 Å². The summed E-state index contributed by atoms with van der Waals surface area (Å²) >= 11 is 0. The third-order valence-corrected chi connectivity index (χ3v) is 5.37. The standard InChI is InChI=1S/C25H40N4O3/c1-18(2)21-15-20(27-25(7,8)17-26)9-10-22(21)31-14-13-28-11-12-29(19(3)16-28)23(30)32-24(4,5)6/h9-10,15,18-19,27H,11-14,16H2,1-8H3. The van der Waals surface area contributed by atoms with Gasteiger partial charge in [0.15, 0.2) is 0 Å². The molecule has 1 N–H and O–H groups in total. The molecule has 7 nitrogen and oxygen atoms in total. The van der Waals surface area contributed by atoms with Gasteiger partial charge in [-0.05, 0) is 71.2 Å². The van der Waals surface area contributed by atoms with Crippen LogP contribution in [0.3, 0.4) is 0 Å². The Bertz CT molecular complexity index is 823. The Morgan fingerprint density at radius 2 is 1.94 bits per heavy atom. The van der Waals surface area contributed by atoms with Gasteiger partial charge in [-0.3, -0.25) is 4.90 Å². The second kappa shape index (κ2) is 10.4. The monoisotopic (exact) mass is 444 g/mol. The summed E-state index contributed by atoms with van der Waals surface area (Å²) in [6, 6.07) is 8.37. The van der Waals surface area contributed by atoms with E-state index in [9.17, 15) is 10.1 Å². The lowest BCUT2D eigenvalue weighted by atomic mass is 10.00. The predicted molar refractivity (Wildman–Crippen MR) is 128 cm³/mol. The minimum Gasteiger partial charge on any atom is -0.492 e. The van der Waals surface area contributed by atoms with Gasteiger partial charge < -0.3 is 19.7 Å². The van der Waals surface area contributed by atoms with Gasteiger partial charge in [0.05, 0.1) is 6.07 Å². The summed E-state index contributed by atoms with van der Waals surface area (Å²) in [6.07, 6.45) is -0.240. The Kier molecular flexibility index (Phi) is 8.41. The van der Waals surface area contributed by atoms with E-state index < -0.39 is 11.1 Å². The first-order chi connectivity index (χ1) is 14.8. The Labute approximate surface area is 193 Å². The van der Waals surface area contributed by atoms with Crippen LogP contribution in [-0.4, -0.2) is 65.9 Å². The molecule has 1 saturated heterocycles. The first-order valence-corrected chi connectivity index (χ1v) is 11.5. The number of carbonyl (C=O) groups is 1. The second-order valence-electron chi connectivity index (χ2n) is 10.4. The highest BCUT2D eigenvalue weighted by Crippen LogP contribution is 2.30. The number of anilines is 1. The minimum absolute atomic E-state index is 0.0960. The Hall–Kier alpha value is -2.46. The number of hydrogen-bond donors (Lipinski definition) is 1. The molecule has 1 fully saturated rings. The fourth-order valence-corrected chi connectivity index (χ4v) is 3.71. The number of amides is 1. The lowest BCUT2D eigenvalue weighted by molar-refractivity contribution is 0.000346. The zero-order valence-corrected chi connectivity index (χ0v) is 21.0. The van der Waals surface area contributed by atoms with Gasteiger partial charge in [-0.25, -0.2) is 4.79 Å². The molecule has 32 heavy (non-hydrogen) atoms. The first-order valence-electron chi connectivity index (χ1n) is 11.5. The topological polar surface area (TPSA) is 77.8 Å². The van der Waals surface area contributed by atoms with Gasteiger partial charge >= 0.3 is 6.09 Å². The highest BCUT2D eigenvalue weighted by molar-refractivity contribution is 5.68. The molecule has 1 aliphatic heterocycles. The highest BCUT2D eigenvalue weighted by atomic mass is 16.6. The van der Waals surface area contributed by atoms with Gasteiger partial charge in [-0.15, -0.1) is 0 Å². The largest absolute Gasteiger partial charge is 0.492 e. The average molecular weight is 445 g/mol. The van der Waals surface area contributed by atoms with Gasteiger partial charge in [-0.2, -0.15) is 5.26 Å². The fourth-order valence-electron chi connectivity index (χ4n) is 3.71. The number of carbonyl (C=O) groups excluding carboxylic acids is 1. The maximum atomic E-state index is 12.4. The smallest absolute Gasteiger partial charge is 0.410 e. The molecule has 0 aliphatic carbocycles. The first kappa shape index (κ1) is 25.8. The third-order valence-electron chi connectivity index (χ3n) is 5.37. The maximum absolute atomic E-state index is 12.4. The molecule has 1 heterocycles. The molecule has 0 radical (unpaired) electrons. The molecule has 0 spiro atoms. The van der Waals surface area contributed by atoms with Crippen LogP contribution in [0.15, 0.2) is 18.2 Å². The van der Waals surface area contributed by atoms with Gasteiger partial charge in [-0.1, -0.05) is 13.8 Å². The molecule has 1 amide bonds. The average Bonchev–Trinajstić information content (AvgIpc) is 2.67. The molecule has 178 valence electrons. The van der Waals surface area contributed by atoms with Crippen molar-refractivity contribution in [2.24, 2.45) is 0 Å². The van der Waals surface area contributed by atoms with Crippen LogP contribution in [0.2, 0.25) is 0 Å². The quantitative estimate of drug-likeness (QED) is 0.648. The van der Waals surface area contributed by atoms with Crippen LogP contribution in [0.4, 0.5) is 10.5 Å². The van der Waals surface area contributed by atoms with Crippen molar-refractivity contribution in [2.45, 2.75) is 78.5 Å². The van der Waals surface area contributed by atoms with Crippen molar-refractivity contribution in [3.05, 3.63) is 23.8 Å². The number of piperazine rings is 1. The van der Waals surface area contributed by atoms with E-state index in [0.29, 0.717) is 19.1 Å². The predicted octanol–water partition coefficient (Wildman–Crippen LogP) is 4.84. The van der Waals surface area contributed by atoms with E-state index >= 15 is 0 Å².